The number of benzene rings is 1. The van der Waals surface area contributed by atoms with Gasteiger partial charge in [0.2, 0.25) is 5.91 Å². The van der Waals surface area contributed by atoms with Crippen LogP contribution in [0.1, 0.15) is 6.42 Å². The number of aliphatic carboxylic acids is 1. The summed E-state index contributed by atoms with van der Waals surface area (Å²) in [5, 5.41) is 20.0. The molecule has 1 fully saturated rings. The van der Waals surface area contributed by atoms with Crippen LogP contribution in [0.15, 0.2) is 18.2 Å². The zero-order chi connectivity index (χ0) is 14.9. The molecule has 20 heavy (non-hydrogen) atoms. The second-order valence-corrected chi connectivity index (χ2v) is 4.36. The fourth-order valence-electron chi connectivity index (χ4n) is 2.11. The number of nitro benzene ring substituents is 1. The molecule has 1 N–H and O–H groups in total. The van der Waals surface area contributed by atoms with Crippen LogP contribution in [0.4, 0.5) is 11.4 Å². The van der Waals surface area contributed by atoms with E-state index < -0.39 is 22.7 Å². The summed E-state index contributed by atoms with van der Waals surface area (Å²) in [6, 6.07) is 4.08. The molecule has 8 nitrogen and oxygen atoms in total. The molecule has 1 amide bonds. The van der Waals surface area contributed by atoms with Gasteiger partial charge < -0.3 is 14.7 Å². The van der Waals surface area contributed by atoms with E-state index in [1.807, 2.05) is 0 Å². The van der Waals surface area contributed by atoms with Gasteiger partial charge in [-0.2, -0.15) is 0 Å². The van der Waals surface area contributed by atoms with E-state index in [2.05, 4.69) is 0 Å². The Labute approximate surface area is 113 Å². The van der Waals surface area contributed by atoms with Crippen molar-refractivity contribution in [2.24, 2.45) is 5.92 Å². The number of carboxylic acids is 1. The standard InChI is InChI=1S/C12H12N2O6/c1-20-8-2-3-9(10(5-8)14(18)19)13-6-7(12(16)17)4-11(13)15/h2-3,5,7H,4,6H2,1H3,(H,16,17). The molecule has 0 spiro atoms. The SMILES string of the molecule is COc1ccc(N2CC(C(=O)O)CC2=O)c([N+](=O)[O-])c1. The van der Waals surface area contributed by atoms with Crippen LogP contribution < -0.4 is 9.64 Å². The summed E-state index contributed by atoms with van der Waals surface area (Å²) in [5.74, 6) is -2.08. The highest BCUT2D eigenvalue weighted by Gasteiger charge is 2.37. The van der Waals surface area contributed by atoms with E-state index in [4.69, 9.17) is 9.84 Å². The summed E-state index contributed by atoms with van der Waals surface area (Å²) in [6.07, 6.45) is -0.154. The van der Waals surface area contributed by atoms with Crippen molar-refractivity contribution in [3.05, 3.63) is 28.3 Å². The molecule has 1 unspecified atom stereocenters. The maximum Gasteiger partial charge on any atom is 0.308 e. The molecule has 1 saturated heterocycles. The van der Waals surface area contributed by atoms with E-state index in [1.165, 1.54) is 25.3 Å². The van der Waals surface area contributed by atoms with Crippen LogP contribution in [0, 0.1) is 16.0 Å². The summed E-state index contributed by atoms with van der Waals surface area (Å²) in [5.41, 5.74) is -0.201. The van der Waals surface area contributed by atoms with Gasteiger partial charge in [-0.05, 0) is 12.1 Å². The van der Waals surface area contributed by atoms with Crippen LogP contribution in [0.25, 0.3) is 0 Å². The van der Waals surface area contributed by atoms with Crippen LogP contribution in [0.2, 0.25) is 0 Å². The van der Waals surface area contributed by atoms with E-state index in [0.29, 0.717) is 5.75 Å². The second kappa shape index (κ2) is 5.16. The lowest BCUT2D eigenvalue weighted by atomic mass is 10.1. The quantitative estimate of drug-likeness (QED) is 0.651. The molecule has 1 heterocycles. The molecule has 106 valence electrons. The Balaban J connectivity index is 2.40. The number of amides is 1. The first-order valence-electron chi connectivity index (χ1n) is 5.79. The normalized spacial score (nSPS) is 18.1. The molecule has 1 aliphatic heterocycles. The third kappa shape index (κ3) is 2.40. The molecule has 2 rings (SSSR count). The minimum atomic E-state index is -1.09. The van der Waals surface area contributed by atoms with Crippen LogP contribution in [-0.4, -0.2) is 35.6 Å². The van der Waals surface area contributed by atoms with E-state index in [1.54, 1.807) is 0 Å². The number of nitro groups is 1. The fraction of sp³-hybridized carbons (Fsp3) is 0.333. The van der Waals surface area contributed by atoms with Crippen LogP contribution >= 0.6 is 0 Å². The van der Waals surface area contributed by atoms with Crippen molar-refractivity contribution in [1.29, 1.82) is 0 Å². The molecule has 0 saturated carbocycles. The third-order valence-corrected chi connectivity index (χ3v) is 3.14. The number of methoxy groups -OCH3 is 1. The van der Waals surface area contributed by atoms with Crippen molar-refractivity contribution in [2.75, 3.05) is 18.6 Å². The summed E-state index contributed by atoms with van der Waals surface area (Å²) in [7, 11) is 1.38. The Morgan fingerprint density at radius 2 is 2.25 bits per heavy atom. The highest BCUT2D eigenvalue weighted by molar-refractivity contribution is 6.00. The molecule has 0 aromatic heterocycles. The molecule has 0 bridgehead atoms. The minimum Gasteiger partial charge on any atom is -0.496 e. The Hall–Kier alpha value is -2.64. The maximum absolute atomic E-state index is 11.8. The highest BCUT2D eigenvalue weighted by atomic mass is 16.6. The first-order valence-corrected chi connectivity index (χ1v) is 5.79. The summed E-state index contributed by atoms with van der Waals surface area (Å²) in [6.45, 7) is -0.0681. The number of anilines is 1. The first-order chi connectivity index (χ1) is 9.43. The van der Waals surface area contributed by atoms with Gasteiger partial charge in [0.15, 0.2) is 0 Å². The lowest BCUT2D eigenvalue weighted by Gasteiger charge is -2.16. The number of carboxylic acid groups (broad SMARTS) is 1. The number of carbonyl (C=O) groups is 2. The van der Waals surface area contributed by atoms with E-state index in [9.17, 15) is 19.7 Å². The van der Waals surface area contributed by atoms with Gasteiger partial charge in [-0.3, -0.25) is 19.7 Å². The monoisotopic (exact) mass is 280 g/mol. The fourth-order valence-corrected chi connectivity index (χ4v) is 2.11. The van der Waals surface area contributed by atoms with Crippen molar-refractivity contribution >= 4 is 23.3 Å². The molecule has 0 aliphatic carbocycles. The smallest absolute Gasteiger partial charge is 0.308 e. The Kier molecular flexibility index (Phi) is 3.55. The van der Waals surface area contributed by atoms with E-state index in [-0.39, 0.29) is 24.3 Å². The number of rotatable bonds is 4. The van der Waals surface area contributed by atoms with Crippen LogP contribution in [0.5, 0.6) is 5.75 Å². The minimum absolute atomic E-state index is 0.0681. The summed E-state index contributed by atoms with van der Waals surface area (Å²) in [4.78, 5) is 34.3. The maximum atomic E-state index is 11.8. The largest absolute Gasteiger partial charge is 0.496 e. The van der Waals surface area contributed by atoms with Gasteiger partial charge in [-0.15, -0.1) is 0 Å². The van der Waals surface area contributed by atoms with Gasteiger partial charge in [0, 0.05) is 13.0 Å². The molecule has 1 aliphatic rings. The topological polar surface area (TPSA) is 110 Å². The molecule has 1 aromatic carbocycles. The Bertz CT molecular complexity index is 585. The lowest BCUT2D eigenvalue weighted by Crippen LogP contribution is -2.26. The Morgan fingerprint density at radius 1 is 1.55 bits per heavy atom. The van der Waals surface area contributed by atoms with Crippen LogP contribution in [-0.2, 0) is 9.59 Å². The number of carbonyl (C=O) groups excluding carboxylic acids is 1. The Morgan fingerprint density at radius 3 is 2.75 bits per heavy atom. The number of hydrogen-bond acceptors (Lipinski definition) is 5. The first kappa shape index (κ1) is 13.8. The number of nitrogens with zero attached hydrogens (tertiary/aromatic N) is 2. The molecular weight excluding hydrogens is 268 g/mol. The molecule has 0 radical (unpaired) electrons. The molecule has 8 heteroatoms. The van der Waals surface area contributed by atoms with Gasteiger partial charge in [-0.25, -0.2) is 0 Å². The lowest BCUT2D eigenvalue weighted by molar-refractivity contribution is -0.384. The van der Waals surface area contributed by atoms with Gasteiger partial charge in [0.1, 0.15) is 11.4 Å². The van der Waals surface area contributed by atoms with E-state index >= 15 is 0 Å². The van der Waals surface area contributed by atoms with Crippen molar-refractivity contribution < 1.29 is 24.4 Å². The highest BCUT2D eigenvalue weighted by Crippen LogP contribution is 2.35. The number of ether oxygens (including phenoxy) is 1. The summed E-state index contributed by atoms with van der Waals surface area (Å²) >= 11 is 0. The van der Waals surface area contributed by atoms with E-state index in [0.717, 1.165) is 4.90 Å². The van der Waals surface area contributed by atoms with Gasteiger partial charge >= 0.3 is 5.97 Å². The van der Waals surface area contributed by atoms with Crippen molar-refractivity contribution in [3.63, 3.8) is 0 Å². The van der Waals surface area contributed by atoms with Gasteiger partial charge in [0.05, 0.1) is 24.0 Å². The van der Waals surface area contributed by atoms with Crippen molar-refractivity contribution in [1.82, 2.24) is 0 Å². The molecule has 1 aromatic rings. The third-order valence-electron chi connectivity index (χ3n) is 3.14. The molecular formula is C12H12N2O6. The van der Waals surface area contributed by atoms with Gasteiger partial charge in [0.25, 0.3) is 5.69 Å². The van der Waals surface area contributed by atoms with Gasteiger partial charge in [-0.1, -0.05) is 0 Å². The van der Waals surface area contributed by atoms with Crippen molar-refractivity contribution in [2.45, 2.75) is 6.42 Å². The second-order valence-electron chi connectivity index (χ2n) is 4.36. The van der Waals surface area contributed by atoms with Crippen molar-refractivity contribution in [3.8, 4) is 5.75 Å². The zero-order valence-electron chi connectivity index (χ0n) is 10.6. The average Bonchev–Trinajstić information content (AvgIpc) is 2.80. The predicted octanol–water partition coefficient (Wildman–Crippen LogP) is 1.04. The summed E-state index contributed by atoms with van der Waals surface area (Å²) < 4.78 is 4.91. The predicted molar refractivity (Wildman–Crippen MR) is 67.7 cm³/mol. The van der Waals surface area contributed by atoms with Crippen LogP contribution in [0.3, 0.4) is 0 Å². The zero-order valence-corrected chi connectivity index (χ0v) is 10.6. The average molecular weight is 280 g/mol. The number of hydrogen-bond donors (Lipinski definition) is 1. The molecule has 1 atom stereocenters.